The number of hydrogen-bond acceptors (Lipinski definition) is 6. The van der Waals surface area contributed by atoms with E-state index in [1.54, 1.807) is 12.3 Å². The summed E-state index contributed by atoms with van der Waals surface area (Å²) in [6, 6.07) is 0. The molecule has 0 spiro atoms. The second kappa shape index (κ2) is 5.97. The van der Waals surface area contributed by atoms with Crippen LogP contribution < -0.4 is 0 Å². The first-order valence-corrected chi connectivity index (χ1v) is 7.03. The van der Waals surface area contributed by atoms with Crippen molar-refractivity contribution in [1.82, 2.24) is 0 Å². The van der Waals surface area contributed by atoms with Crippen molar-refractivity contribution >= 4 is 29.0 Å². The maximum atomic E-state index is 11.8. The lowest BCUT2D eigenvalue weighted by Crippen LogP contribution is -2.14. The number of oxime groups is 1. The quantitative estimate of drug-likeness (QED) is 0.485. The smallest absolute Gasteiger partial charge is 0.339 e. The summed E-state index contributed by atoms with van der Waals surface area (Å²) in [5.41, 5.74) is 2.30. The van der Waals surface area contributed by atoms with E-state index in [2.05, 4.69) is 5.16 Å². The summed E-state index contributed by atoms with van der Waals surface area (Å²) < 4.78 is 5.03. The summed E-state index contributed by atoms with van der Waals surface area (Å²) in [5, 5.41) is 5.66. The number of carbonyl (C=O) groups excluding carboxylic acids is 2. The van der Waals surface area contributed by atoms with Gasteiger partial charge in [0.1, 0.15) is 0 Å². The Bertz CT molecular complexity index is 533. The van der Waals surface area contributed by atoms with Crippen LogP contribution in [0.3, 0.4) is 0 Å². The van der Waals surface area contributed by atoms with Crippen LogP contribution in [0.4, 0.5) is 0 Å². The number of hydrogen-bond donors (Lipinski definition) is 0. The molecule has 1 aromatic rings. The molecule has 0 radical (unpaired) electrons. The number of rotatable bonds is 3. The highest BCUT2D eigenvalue weighted by Gasteiger charge is 2.25. The molecule has 0 aromatic carbocycles. The van der Waals surface area contributed by atoms with Gasteiger partial charge in [-0.25, -0.2) is 9.59 Å². The van der Waals surface area contributed by atoms with Gasteiger partial charge in [0.15, 0.2) is 0 Å². The second-order valence-electron chi connectivity index (χ2n) is 4.15. The summed E-state index contributed by atoms with van der Waals surface area (Å²) in [6.07, 6.45) is 2.46. The standard InChI is InChI=1S/C13H15NO4S/c1-3-17-13(16)10-7-19-12-9(10)5-4-6-11(12)14-18-8(2)15/h7H,3-6H2,1-2H3/b14-11+. The number of fused-ring (bicyclic) bond motifs is 1. The zero-order valence-corrected chi connectivity index (χ0v) is 11.7. The molecule has 1 heterocycles. The van der Waals surface area contributed by atoms with Crippen LogP contribution >= 0.6 is 11.3 Å². The van der Waals surface area contributed by atoms with E-state index < -0.39 is 5.97 Å². The first kappa shape index (κ1) is 13.7. The fourth-order valence-corrected chi connectivity index (χ4v) is 3.11. The first-order valence-electron chi connectivity index (χ1n) is 6.15. The van der Waals surface area contributed by atoms with Crippen LogP contribution in [0.1, 0.15) is 47.5 Å². The average molecular weight is 281 g/mol. The van der Waals surface area contributed by atoms with Crippen molar-refractivity contribution in [3.8, 4) is 0 Å². The van der Waals surface area contributed by atoms with E-state index in [0.717, 1.165) is 35.4 Å². The van der Waals surface area contributed by atoms with Crippen molar-refractivity contribution in [3.05, 3.63) is 21.4 Å². The van der Waals surface area contributed by atoms with Crippen molar-refractivity contribution in [2.75, 3.05) is 6.61 Å². The van der Waals surface area contributed by atoms with Crippen molar-refractivity contribution < 1.29 is 19.2 Å². The SMILES string of the molecule is CCOC(=O)c1csc2c1CCC/C2=N\OC(C)=O. The normalized spacial score (nSPS) is 16.0. The van der Waals surface area contributed by atoms with E-state index in [-0.39, 0.29) is 5.97 Å². The van der Waals surface area contributed by atoms with E-state index >= 15 is 0 Å². The Morgan fingerprint density at radius 2 is 2.21 bits per heavy atom. The van der Waals surface area contributed by atoms with E-state index in [1.807, 2.05) is 0 Å². The van der Waals surface area contributed by atoms with Crippen LogP contribution in [0.2, 0.25) is 0 Å². The molecule has 0 N–H and O–H groups in total. The third-order valence-corrected chi connectivity index (χ3v) is 3.85. The summed E-state index contributed by atoms with van der Waals surface area (Å²) in [7, 11) is 0. The molecule has 6 heteroatoms. The molecule has 0 saturated carbocycles. The zero-order valence-electron chi connectivity index (χ0n) is 10.9. The van der Waals surface area contributed by atoms with Gasteiger partial charge in [-0.2, -0.15) is 0 Å². The Kier molecular flexibility index (Phi) is 4.31. The molecular weight excluding hydrogens is 266 g/mol. The maximum Gasteiger partial charge on any atom is 0.339 e. The number of nitrogens with zero attached hydrogens (tertiary/aromatic N) is 1. The number of thiophene rings is 1. The summed E-state index contributed by atoms with van der Waals surface area (Å²) in [6.45, 7) is 3.45. The zero-order chi connectivity index (χ0) is 13.8. The highest BCUT2D eigenvalue weighted by atomic mass is 32.1. The van der Waals surface area contributed by atoms with Crippen molar-refractivity contribution in [2.45, 2.75) is 33.1 Å². The van der Waals surface area contributed by atoms with Crippen LogP contribution in [-0.2, 0) is 20.8 Å². The summed E-state index contributed by atoms with van der Waals surface area (Å²) in [5.74, 6) is -0.740. The third-order valence-electron chi connectivity index (χ3n) is 2.78. The highest BCUT2D eigenvalue weighted by Crippen LogP contribution is 2.31. The highest BCUT2D eigenvalue weighted by molar-refractivity contribution is 7.12. The van der Waals surface area contributed by atoms with E-state index in [1.165, 1.54) is 18.3 Å². The van der Waals surface area contributed by atoms with Gasteiger partial charge >= 0.3 is 11.9 Å². The molecule has 5 nitrogen and oxygen atoms in total. The molecule has 0 amide bonds. The monoisotopic (exact) mass is 281 g/mol. The van der Waals surface area contributed by atoms with E-state index in [9.17, 15) is 9.59 Å². The van der Waals surface area contributed by atoms with Gasteiger partial charge in [-0.1, -0.05) is 5.16 Å². The first-order chi connectivity index (χ1) is 9.13. The van der Waals surface area contributed by atoms with Crippen molar-refractivity contribution in [3.63, 3.8) is 0 Å². The molecule has 2 rings (SSSR count). The minimum absolute atomic E-state index is 0.297. The van der Waals surface area contributed by atoms with Crippen LogP contribution in [0.15, 0.2) is 10.5 Å². The Morgan fingerprint density at radius 1 is 1.42 bits per heavy atom. The topological polar surface area (TPSA) is 65.0 Å². The predicted octanol–water partition coefficient (Wildman–Crippen LogP) is 2.53. The molecule has 0 saturated heterocycles. The molecule has 102 valence electrons. The fraction of sp³-hybridized carbons (Fsp3) is 0.462. The van der Waals surface area contributed by atoms with Gasteiger partial charge in [0.25, 0.3) is 0 Å². The molecule has 0 atom stereocenters. The second-order valence-corrected chi connectivity index (χ2v) is 5.03. The third kappa shape index (κ3) is 3.01. The molecule has 0 unspecified atom stereocenters. The Morgan fingerprint density at radius 3 is 2.89 bits per heavy atom. The van der Waals surface area contributed by atoms with E-state index in [0.29, 0.717) is 12.2 Å². The van der Waals surface area contributed by atoms with Gasteiger partial charge in [0.2, 0.25) is 0 Å². The van der Waals surface area contributed by atoms with Gasteiger partial charge in [0, 0.05) is 12.3 Å². The van der Waals surface area contributed by atoms with Gasteiger partial charge in [-0.05, 0) is 31.7 Å². The van der Waals surface area contributed by atoms with Crippen LogP contribution in [0.5, 0.6) is 0 Å². The lowest BCUT2D eigenvalue weighted by atomic mass is 9.94. The minimum Gasteiger partial charge on any atom is -0.462 e. The van der Waals surface area contributed by atoms with Gasteiger partial charge in [-0.3, -0.25) is 0 Å². The molecular formula is C13H15NO4S. The largest absolute Gasteiger partial charge is 0.462 e. The number of carbonyl (C=O) groups is 2. The Labute approximate surface area is 115 Å². The Hall–Kier alpha value is -1.69. The average Bonchev–Trinajstić information content (AvgIpc) is 2.80. The van der Waals surface area contributed by atoms with Crippen LogP contribution in [-0.4, -0.2) is 24.3 Å². The van der Waals surface area contributed by atoms with Gasteiger partial charge in [0.05, 0.1) is 22.8 Å². The molecule has 0 aliphatic heterocycles. The maximum absolute atomic E-state index is 11.8. The molecule has 1 aliphatic rings. The van der Waals surface area contributed by atoms with Crippen LogP contribution in [0.25, 0.3) is 0 Å². The number of esters is 1. The van der Waals surface area contributed by atoms with E-state index in [4.69, 9.17) is 9.57 Å². The summed E-state index contributed by atoms with van der Waals surface area (Å²) >= 11 is 1.44. The molecule has 1 aliphatic carbocycles. The van der Waals surface area contributed by atoms with Gasteiger partial charge in [-0.15, -0.1) is 11.3 Å². The fourth-order valence-electron chi connectivity index (χ4n) is 2.01. The van der Waals surface area contributed by atoms with Crippen LogP contribution in [0, 0.1) is 0 Å². The molecule has 19 heavy (non-hydrogen) atoms. The predicted molar refractivity (Wildman–Crippen MR) is 71.5 cm³/mol. The lowest BCUT2D eigenvalue weighted by Gasteiger charge is -2.14. The molecule has 1 aromatic heterocycles. The minimum atomic E-state index is -0.443. The molecule has 0 bridgehead atoms. The number of ether oxygens (including phenoxy) is 1. The Balaban J connectivity index is 2.29. The lowest BCUT2D eigenvalue weighted by molar-refractivity contribution is -0.140. The summed E-state index contributed by atoms with van der Waals surface area (Å²) in [4.78, 5) is 28.2. The molecule has 0 fully saturated rings. The van der Waals surface area contributed by atoms with Crippen molar-refractivity contribution in [1.29, 1.82) is 0 Å². The van der Waals surface area contributed by atoms with Gasteiger partial charge < -0.3 is 9.57 Å². The van der Waals surface area contributed by atoms with Crippen molar-refractivity contribution in [2.24, 2.45) is 5.16 Å².